The van der Waals surface area contributed by atoms with Crippen LogP contribution in [0.2, 0.25) is 0 Å². The first-order valence-corrected chi connectivity index (χ1v) is 7.66. The van der Waals surface area contributed by atoms with Crippen LogP contribution in [0.5, 0.6) is 11.5 Å². The Kier molecular flexibility index (Phi) is 6.01. The van der Waals surface area contributed by atoms with Crippen LogP contribution in [0.15, 0.2) is 23.2 Å². The number of nitrogens with two attached hydrogens (primary N) is 1. The lowest BCUT2D eigenvalue weighted by Gasteiger charge is -2.31. The van der Waals surface area contributed by atoms with Crippen molar-refractivity contribution in [3.8, 4) is 11.5 Å². The van der Waals surface area contributed by atoms with Gasteiger partial charge < -0.3 is 20.1 Å². The summed E-state index contributed by atoms with van der Waals surface area (Å²) in [6.45, 7) is 1.20. The number of ether oxygens (including phenoxy) is 2. The van der Waals surface area contributed by atoms with Gasteiger partial charge in [-0.25, -0.2) is 4.99 Å². The first-order chi connectivity index (χ1) is 11.0. The topological polar surface area (TPSA) is 60.1 Å². The maximum absolute atomic E-state index is 12.5. The van der Waals surface area contributed by atoms with Gasteiger partial charge in [-0.2, -0.15) is 8.78 Å². The van der Waals surface area contributed by atoms with Crippen LogP contribution in [0.3, 0.4) is 0 Å². The lowest BCUT2D eigenvalue weighted by molar-refractivity contribution is -0.0504. The Labute approximate surface area is 135 Å². The third-order valence-corrected chi connectivity index (χ3v) is 3.88. The summed E-state index contributed by atoms with van der Waals surface area (Å²) in [4.78, 5) is 6.37. The zero-order chi connectivity index (χ0) is 16.8. The Morgan fingerprint density at radius 3 is 2.91 bits per heavy atom. The van der Waals surface area contributed by atoms with E-state index in [0.29, 0.717) is 23.2 Å². The van der Waals surface area contributed by atoms with Crippen LogP contribution in [-0.2, 0) is 6.54 Å². The van der Waals surface area contributed by atoms with Crippen molar-refractivity contribution in [2.75, 3.05) is 20.2 Å². The zero-order valence-corrected chi connectivity index (χ0v) is 13.5. The molecule has 1 aliphatic heterocycles. The average Bonchev–Trinajstić information content (AvgIpc) is 2.53. The maximum atomic E-state index is 12.5. The first kappa shape index (κ1) is 17.3. The molecule has 1 aromatic carbocycles. The number of hydrogen-bond acceptors (Lipinski definition) is 3. The molecule has 1 saturated heterocycles. The molecule has 1 unspecified atom stereocenters. The van der Waals surface area contributed by atoms with Crippen molar-refractivity contribution in [3.05, 3.63) is 23.8 Å². The molecular weight excluding hydrogens is 304 g/mol. The molecule has 0 radical (unpaired) electrons. The predicted octanol–water partition coefficient (Wildman–Crippen LogP) is 2.84. The van der Waals surface area contributed by atoms with Gasteiger partial charge in [-0.15, -0.1) is 0 Å². The summed E-state index contributed by atoms with van der Waals surface area (Å²) in [6.07, 6.45) is 2.27. The lowest BCUT2D eigenvalue weighted by atomic mass is 10.0. The highest BCUT2D eigenvalue weighted by molar-refractivity contribution is 5.78. The normalized spacial score (nSPS) is 19.1. The molecule has 1 aliphatic rings. The van der Waals surface area contributed by atoms with Gasteiger partial charge in [-0.05, 0) is 37.0 Å². The molecule has 7 heteroatoms. The van der Waals surface area contributed by atoms with Crippen molar-refractivity contribution in [3.63, 3.8) is 0 Å². The van der Waals surface area contributed by atoms with E-state index >= 15 is 0 Å². The van der Waals surface area contributed by atoms with Gasteiger partial charge in [0.05, 0.1) is 13.7 Å². The summed E-state index contributed by atoms with van der Waals surface area (Å²) >= 11 is 0. The second kappa shape index (κ2) is 7.99. The van der Waals surface area contributed by atoms with Crippen molar-refractivity contribution in [1.29, 1.82) is 0 Å². The van der Waals surface area contributed by atoms with Crippen molar-refractivity contribution in [1.82, 2.24) is 4.90 Å². The number of benzene rings is 1. The third kappa shape index (κ3) is 4.97. The van der Waals surface area contributed by atoms with Gasteiger partial charge in [0.25, 0.3) is 0 Å². The van der Waals surface area contributed by atoms with Crippen LogP contribution < -0.4 is 15.2 Å². The number of halogens is 2. The van der Waals surface area contributed by atoms with Crippen LogP contribution in [0, 0.1) is 5.92 Å². The molecule has 0 aromatic heterocycles. The van der Waals surface area contributed by atoms with E-state index in [0.717, 1.165) is 19.5 Å². The highest BCUT2D eigenvalue weighted by Crippen LogP contribution is 2.26. The summed E-state index contributed by atoms with van der Waals surface area (Å²) < 4.78 is 34.6. The maximum Gasteiger partial charge on any atom is 0.387 e. The number of methoxy groups -OCH3 is 1. The molecule has 1 aromatic rings. The number of alkyl halides is 2. The number of nitrogens with zero attached hydrogens (tertiary/aromatic N) is 2. The molecule has 0 bridgehead atoms. The van der Waals surface area contributed by atoms with E-state index in [1.807, 2.05) is 4.90 Å². The molecule has 2 N–H and O–H groups in total. The molecule has 0 aliphatic carbocycles. The Hall–Kier alpha value is -2.05. The van der Waals surface area contributed by atoms with Crippen molar-refractivity contribution >= 4 is 5.96 Å². The second-order valence-corrected chi connectivity index (χ2v) is 5.72. The third-order valence-electron chi connectivity index (χ3n) is 3.88. The molecular formula is C16H23F2N3O2. The van der Waals surface area contributed by atoms with Crippen molar-refractivity contribution in [2.24, 2.45) is 16.6 Å². The van der Waals surface area contributed by atoms with Crippen LogP contribution >= 0.6 is 0 Å². The van der Waals surface area contributed by atoms with Gasteiger partial charge in [0.1, 0.15) is 11.5 Å². The fourth-order valence-corrected chi connectivity index (χ4v) is 2.68. The minimum atomic E-state index is -2.88. The van der Waals surface area contributed by atoms with Crippen molar-refractivity contribution in [2.45, 2.75) is 32.9 Å². The van der Waals surface area contributed by atoms with E-state index in [2.05, 4.69) is 16.7 Å². The molecule has 0 spiro atoms. The molecule has 1 atom stereocenters. The number of guanidine groups is 1. The highest BCUT2D eigenvalue weighted by Gasteiger charge is 2.18. The first-order valence-electron chi connectivity index (χ1n) is 7.66. The van der Waals surface area contributed by atoms with Crippen molar-refractivity contribution < 1.29 is 18.3 Å². The SMILES string of the molecule is COc1ccc(OC(F)F)c(CN=C(N)N2CCCC(C)C2)c1. The summed E-state index contributed by atoms with van der Waals surface area (Å²) in [5, 5.41) is 0. The second-order valence-electron chi connectivity index (χ2n) is 5.72. The number of hydrogen-bond donors (Lipinski definition) is 1. The van der Waals surface area contributed by atoms with E-state index in [9.17, 15) is 8.78 Å². The smallest absolute Gasteiger partial charge is 0.387 e. The molecule has 23 heavy (non-hydrogen) atoms. The Balaban J connectivity index is 2.12. The predicted molar refractivity (Wildman–Crippen MR) is 84.9 cm³/mol. The molecule has 1 fully saturated rings. The van der Waals surface area contributed by atoms with Crippen LogP contribution in [0.1, 0.15) is 25.3 Å². The summed E-state index contributed by atoms with van der Waals surface area (Å²) in [5.41, 5.74) is 6.55. The summed E-state index contributed by atoms with van der Waals surface area (Å²) in [5.74, 6) is 1.65. The van der Waals surface area contributed by atoms with Gasteiger partial charge >= 0.3 is 6.61 Å². The van der Waals surface area contributed by atoms with Crippen LogP contribution in [-0.4, -0.2) is 37.7 Å². The number of piperidine rings is 1. The monoisotopic (exact) mass is 327 g/mol. The zero-order valence-electron chi connectivity index (χ0n) is 13.5. The summed E-state index contributed by atoms with van der Waals surface area (Å²) in [7, 11) is 1.51. The number of aliphatic imine (C=N–C) groups is 1. The van der Waals surface area contributed by atoms with E-state index in [-0.39, 0.29) is 12.3 Å². The molecule has 5 nitrogen and oxygen atoms in total. The van der Waals surface area contributed by atoms with Gasteiger partial charge in [0.2, 0.25) is 0 Å². The van der Waals surface area contributed by atoms with Crippen LogP contribution in [0.4, 0.5) is 8.78 Å². The van der Waals surface area contributed by atoms with Crippen LogP contribution in [0.25, 0.3) is 0 Å². The van der Waals surface area contributed by atoms with Gasteiger partial charge in [0.15, 0.2) is 5.96 Å². The van der Waals surface area contributed by atoms with E-state index in [4.69, 9.17) is 10.5 Å². The average molecular weight is 327 g/mol. The molecule has 0 saturated carbocycles. The molecule has 0 amide bonds. The Bertz CT molecular complexity index is 552. The Morgan fingerprint density at radius 2 is 2.26 bits per heavy atom. The fraction of sp³-hybridized carbons (Fsp3) is 0.562. The quantitative estimate of drug-likeness (QED) is 0.667. The van der Waals surface area contributed by atoms with E-state index in [1.54, 1.807) is 12.1 Å². The van der Waals surface area contributed by atoms with E-state index < -0.39 is 6.61 Å². The van der Waals surface area contributed by atoms with Gasteiger partial charge in [-0.3, -0.25) is 0 Å². The minimum absolute atomic E-state index is 0.0874. The van der Waals surface area contributed by atoms with E-state index in [1.165, 1.54) is 19.6 Å². The molecule has 2 rings (SSSR count). The Morgan fingerprint density at radius 1 is 1.48 bits per heavy atom. The largest absolute Gasteiger partial charge is 0.497 e. The minimum Gasteiger partial charge on any atom is -0.497 e. The molecule has 1 heterocycles. The van der Waals surface area contributed by atoms with Gasteiger partial charge in [0, 0.05) is 18.7 Å². The molecule has 128 valence electrons. The standard InChI is InChI=1S/C16H23F2N3O2/c1-11-4-3-7-21(10-11)16(19)20-9-12-8-13(22-2)5-6-14(12)23-15(17)18/h5-6,8,11,15H,3-4,7,9-10H2,1-2H3,(H2,19,20). The summed E-state index contributed by atoms with van der Waals surface area (Å²) in [6, 6.07) is 4.66. The fourth-order valence-electron chi connectivity index (χ4n) is 2.68. The van der Waals surface area contributed by atoms with Gasteiger partial charge in [-0.1, -0.05) is 6.92 Å². The highest BCUT2D eigenvalue weighted by atomic mass is 19.3. The lowest BCUT2D eigenvalue weighted by Crippen LogP contribution is -2.43. The number of likely N-dealkylation sites (tertiary alicyclic amines) is 1. The number of rotatable bonds is 5.